The van der Waals surface area contributed by atoms with Crippen molar-refractivity contribution in [3.05, 3.63) is 24.3 Å². The van der Waals surface area contributed by atoms with Crippen LogP contribution in [0.4, 0.5) is 0 Å². The van der Waals surface area contributed by atoms with Gasteiger partial charge in [-0.15, -0.1) is 0 Å². The lowest BCUT2D eigenvalue weighted by molar-refractivity contribution is -0.293. The van der Waals surface area contributed by atoms with Crippen molar-refractivity contribution >= 4 is 19.8 Å². The standard InChI is InChI=1S/C57H106NO18P/c1-5-7-9-11-13-15-17-19-21-23-25-27-29-35-48(59)71-43-47(76-49(60)36-30-28-26-24-22-20-18-16-14-12-10-8-6-2)44-73-77(67,68)72-42-39-58(37-31-33-40-69-56-54(65)52(63)50(61)45(3)74-56)38-32-34-41-70-57-55(66)53(64)51(62)46(4)75-57/h15-18,45-47,50-57,61-66H,5-14,19-44H2,1-4H3,(H,67,68)/b17-15-,18-16-/t45-,46-,47+,50-,51-,52+,53+,54+,55+,56-,57-/m0/s1. The van der Waals surface area contributed by atoms with E-state index in [1.54, 1.807) is 13.8 Å². The van der Waals surface area contributed by atoms with Crippen molar-refractivity contribution in [3.63, 3.8) is 0 Å². The lowest BCUT2D eigenvalue weighted by Crippen LogP contribution is -2.57. The van der Waals surface area contributed by atoms with Crippen LogP contribution in [0, 0.1) is 0 Å². The van der Waals surface area contributed by atoms with Gasteiger partial charge < -0.3 is 68.9 Å². The number of ether oxygens (including phenoxy) is 6. The fourth-order valence-electron chi connectivity index (χ4n) is 9.00. The molecule has 0 radical (unpaired) electrons. The van der Waals surface area contributed by atoms with Crippen molar-refractivity contribution in [1.29, 1.82) is 0 Å². The molecule has 20 heteroatoms. The molecule has 0 aliphatic carbocycles. The van der Waals surface area contributed by atoms with Crippen LogP contribution in [0.25, 0.3) is 0 Å². The second kappa shape index (κ2) is 44.7. The van der Waals surface area contributed by atoms with Gasteiger partial charge >= 0.3 is 19.8 Å². The molecule has 0 saturated carbocycles. The van der Waals surface area contributed by atoms with Gasteiger partial charge in [-0.25, -0.2) is 4.57 Å². The molecule has 2 aliphatic rings. The molecule has 77 heavy (non-hydrogen) atoms. The highest BCUT2D eigenvalue weighted by Gasteiger charge is 2.43. The van der Waals surface area contributed by atoms with Gasteiger partial charge in [0.15, 0.2) is 18.7 Å². The van der Waals surface area contributed by atoms with E-state index in [0.29, 0.717) is 51.6 Å². The number of aliphatic hydroxyl groups is 6. The Balaban J connectivity index is 1.90. The van der Waals surface area contributed by atoms with Crippen LogP contribution in [0.1, 0.15) is 207 Å². The lowest BCUT2D eigenvalue weighted by Gasteiger charge is -2.39. The second-order valence-electron chi connectivity index (χ2n) is 21.0. The number of hydrogen-bond acceptors (Lipinski definition) is 18. The maximum absolute atomic E-state index is 13.2. The highest BCUT2D eigenvalue weighted by atomic mass is 31.2. The van der Waals surface area contributed by atoms with E-state index in [0.717, 1.165) is 77.0 Å². The third-order valence-corrected chi connectivity index (χ3v) is 15.0. The van der Waals surface area contributed by atoms with Gasteiger partial charge in [-0.05, 0) is 117 Å². The number of esters is 2. The van der Waals surface area contributed by atoms with Crippen molar-refractivity contribution in [3.8, 4) is 0 Å². The van der Waals surface area contributed by atoms with E-state index in [4.69, 9.17) is 37.5 Å². The minimum Gasteiger partial charge on any atom is -0.462 e. The zero-order chi connectivity index (χ0) is 56.5. The zero-order valence-electron chi connectivity index (χ0n) is 47.6. The molecular weight excluding hydrogens is 1020 g/mol. The number of carbonyl (C=O) groups excluding carboxylic acids is 2. The molecule has 0 bridgehead atoms. The van der Waals surface area contributed by atoms with Crippen LogP contribution in [-0.4, -0.2) is 173 Å². The summed E-state index contributed by atoms with van der Waals surface area (Å²) in [5.74, 6) is -0.972. The van der Waals surface area contributed by atoms with Crippen LogP contribution in [0.2, 0.25) is 0 Å². The van der Waals surface area contributed by atoms with Gasteiger partial charge in [-0.3, -0.25) is 18.6 Å². The summed E-state index contributed by atoms with van der Waals surface area (Å²) < 4.78 is 57.5. The van der Waals surface area contributed by atoms with E-state index >= 15 is 0 Å². The molecule has 0 spiro atoms. The third kappa shape index (κ3) is 34.2. The molecule has 0 aromatic heterocycles. The van der Waals surface area contributed by atoms with Crippen LogP contribution in [0.3, 0.4) is 0 Å². The maximum Gasteiger partial charge on any atom is 0.472 e. The van der Waals surface area contributed by atoms with E-state index in [1.807, 2.05) is 4.90 Å². The molecule has 1 unspecified atom stereocenters. The van der Waals surface area contributed by atoms with Crippen molar-refractivity contribution in [1.82, 2.24) is 4.90 Å². The fraction of sp³-hybridized carbons (Fsp3) is 0.895. The van der Waals surface area contributed by atoms with Gasteiger partial charge in [0, 0.05) is 32.6 Å². The summed E-state index contributed by atoms with van der Waals surface area (Å²) in [5.41, 5.74) is 0. The largest absolute Gasteiger partial charge is 0.472 e. The summed E-state index contributed by atoms with van der Waals surface area (Å²) in [6, 6.07) is 0. The number of nitrogens with zero attached hydrogens (tertiary/aromatic N) is 1. The van der Waals surface area contributed by atoms with Crippen molar-refractivity contribution in [2.75, 3.05) is 52.7 Å². The summed E-state index contributed by atoms with van der Waals surface area (Å²) in [4.78, 5) is 38.6. The highest BCUT2D eigenvalue weighted by Crippen LogP contribution is 2.43. The monoisotopic (exact) mass is 1120 g/mol. The normalized spacial score (nSPS) is 25.2. The Labute approximate surface area is 462 Å². The first kappa shape index (κ1) is 71.2. The molecule has 0 amide bonds. The number of phosphoric ester groups is 1. The summed E-state index contributed by atoms with van der Waals surface area (Å²) in [5, 5.41) is 60.9. The molecule has 0 aromatic rings. The molecular formula is C57H106NO18P. The predicted octanol–water partition coefficient (Wildman–Crippen LogP) is 8.64. The van der Waals surface area contributed by atoms with Crippen molar-refractivity contribution in [2.24, 2.45) is 0 Å². The number of hydrogen-bond donors (Lipinski definition) is 7. The third-order valence-electron chi connectivity index (χ3n) is 14.0. The first-order valence-corrected chi connectivity index (χ1v) is 31.2. The van der Waals surface area contributed by atoms with Crippen LogP contribution in [-0.2, 0) is 51.6 Å². The number of phosphoric acid groups is 1. The number of carbonyl (C=O) groups is 2. The molecule has 2 fully saturated rings. The number of rotatable bonds is 48. The highest BCUT2D eigenvalue weighted by molar-refractivity contribution is 7.47. The molecule has 12 atom stereocenters. The first-order chi connectivity index (χ1) is 37.1. The minimum atomic E-state index is -4.69. The fourth-order valence-corrected chi connectivity index (χ4v) is 9.75. The Hall–Kier alpha value is -1.91. The number of allylic oxidation sites excluding steroid dienone is 4. The summed E-state index contributed by atoms with van der Waals surface area (Å²) >= 11 is 0. The van der Waals surface area contributed by atoms with E-state index in [2.05, 4.69) is 38.2 Å². The van der Waals surface area contributed by atoms with E-state index in [9.17, 15) is 49.7 Å². The van der Waals surface area contributed by atoms with E-state index < -0.39 is 93.9 Å². The SMILES string of the molecule is CCCCCC/C=C\CCCCCCCC(=O)OC[C@H](COP(=O)(O)OCCN(CCCCO[C@H]1O[C@@H](C)[C@H](O)[C@@H](O)[C@H]1O)CCCCO[C@H]1O[C@@H](C)[C@H](O)[C@@H](O)[C@H]1O)OC(=O)CCCCCCC/C=C\CCCCCC. The molecule has 2 heterocycles. The lowest BCUT2D eigenvalue weighted by atomic mass is 10.0. The molecule has 2 rings (SSSR count). The van der Waals surface area contributed by atoms with Crippen molar-refractivity contribution in [2.45, 2.75) is 275 Å². The van der Waals surface area contributed by atoms with E-state index in [-0.39, 0.29) is 45.8 Å². The van der Waals surface area contributed by atoms with Crippen LogP contribution in [0.15, 0.2) is 24.3 Å². The minimum absolute atomic E-state index is 0.143. The Kier molecular flexibility index (Phi) is 41.3. The van der Waals surface area contributed by atoms with Crippen LogP contribution < -0.4 is 0 Å². The molecule has 452 valence electrons. The van der Waals surface area contributed by atoms with Crippen LogP contribution in [0.5, 0.6) is 0 Å². The summed E-state index contributed by atoms with van der Waals surface area (Å²) in [7, 11) is -4.69. The maximum atomic E-state index is 13.2. The smallest absolute Gasteiger partial charge is 0.462 e. The van der Waals surface area contributed by atoms with Crippen LogP contribution >= 0.6 is 7.82 Å². The Morgan fingerprint density at radius 2 is 0.909 bits per heavy atom. The number of unbranched alkanes of at least 4 members (excludes halogenated alkanes) is 20. The van der Waals surface area contributed by atoms with E-state index in [1.165, 1.54) is 51.4 Å². The average Bonchev–Trinajstić information content (AvgIpc) is 3.40. The van der Waals surface area contributed by atoms with Gasteiger partial charge in [-0.1, -0.05) is 115 Å². The molecule has 0 aromatic carbocycles. The predicted molar refractivity (Wildman–Crippen MR) is 295 cm³/mol. The molecule has 2 saturated heterocycles. The topological polar surface area (TPSA) is 270 Å². The van der Waals surface area contributed by atoms with Crippen molar-refractivity contribution < 1.29 is 87.2 Å². The molecule has 7 N–H and O–H groups in total. The summed E-state index contributed by atoms with van der Waals surface area (Å²) in [6.45, 7) is 8.02. The van der Waals surface area contributed by atoms with Gasteiger partial charge in [0.05, 0.1) is 25.4 Å². The first-order valence-electron chi connectivity index (χ1n) is 29.7. The zero-order valence-corrected chi connectivity index (χ0v) is 48.5. The quantitative estimate of drug-likeness (QED) is 0.0130. The Morgan fingerprint density at radius 3 is 1.36 bits per heavy atom. The average molecular weight is 1120 g/mol. The number of aliphatic hydroxyl groups excluding tert-OH is 6. The Morgan fingerprint density at radius 1 is 0.494 bits per heavy atom. The van der Waals surface area contributed by atoms with Gasteiger partial charge in [0.1, 0.15) is 43.2 Å². The molecule has 2 aliphatic heterocycles. The van der Waals surface area contributed by atoms with Gasteiger partial charge in [0.2, 0.25) is 0 Å². The Bertz CT molecular complexity index is 1530. The molecule has 19 nitrogen and oxygen atoms in total. The second-order valence-corrected chi connectivity index (χ2v) is 22.5. The summed E-state index contributed by atoms with van der Waals surface area (Å²) in [6.07, 6.45) is 22.5. The van der Waals surface area contributed by atoms with Gasteiger partial charge in [-0.2, -0.15) is 0 Å². The van der Waals surface area contributed by atoms with Gasteiger partial charge in [0.25, 0.3) is 0 Å².